The van der Waals surface area contributed by atoms with E-state index in [1.54, 1.807) is 0 Å². The maximum atomic E-state index is 12.2. The molecule has 5 nitrogen and oxygen atoms in total. The van der Waals surface area contributed by atoms with Gasteiger partial charge in [0.15, 0.2) is 0 Å². The Morgan fingerprint density at radius 1 is 1.04 bits per heavy atom. The first-order valence-electron chi connectivity index (χ1n) is 9.75. The van der Waals surface area contributed by atoms with Crippen molar-refractivity contribution in [3.8, 4) is 0 Å². The molecule has 28 heavy (non-hydrogen) atoms. The number of hydrogen-bond acceptors (Lipinski definition) is 4. The van der Waals surface area contributed by atoms with E-state index in [9.17, 15) is 9.90 Å². The summed E-state index contributed by atoms with van der Waals surface area (Å²) in [6, 6.07) is 19.1. The van der Waals surface area contributed by atoms with E-state index in [2.05, 4.69) is 5.32 Å². The third-order valence-corrected chi connectivity index (χ3v) is 4.36. The zero-order valence-corrected chi connectivity index (χ0v) is 17.0. The second-order valence-electron chi connectivity index (χ2n) is 8.18. The molecule has 0 heterocycles. The van der Waals surface area contributed by atoms with E-state index in [4.69, 9.17) is 10.5 Å². The Hall–Kier alpha value is -2.37. The van der Waals surface area contributed by atoms with Crippen molar-refractivity contribution in [3.63, 3.8) is 0 Å². The van der Waals surface area contributed by atoms with Crippen molar-refractivity contribution in [2.24, 2.45) is 5.73 Å². The number of carbonyl (C=O) groups is 1. The van der Waals surface area contributed by atoms with Crippen LogP contribution in [-0.2, 0) is 11.2 Å². The second-order valence-corrected chi connectivity index (χ2v) is 8.18. The van der Waals surface area contributed by atoms with Crippen LogP contribution in [0.1, 0.15) is 50.8 Å². The molecule has 0 aliphatic rings. The summed E-state index contributed by atoms with van der Waals surface area (Å²) < 4.78 is 5.38. The van der Waals surface area contributed by atoms with Crippen molar-refractivity contribution in [1.29, 1.82) is 0 Å². The zero-order valence-electron chi connectivity index (χ0n) is 17.0. The van der Waals surface area contributed by atoms with Crippen LogP contribution in [0.2, 0.25) is 0 Å². The fraction of sp³-hybridized carbons (Fsp3) is 0.435. The van der Waals surface area contributed by atoms with E-state index in [-0.39, 0.29) is 12.1 Å². The summed E-state index contributed by atoms with van der Waals surface area (Å²) in [5.74, 6) is 0. The van der Waals surface area contributed by atoms with Gasteiger partial charge in [-0.25, -0.2) is 4.79 Å². The highest BCUT2D eigenvalue weighted by molar-refractivity contribution is 5.68. The average Bonchev–Trinajstić information content (AvgIpc) is 2.61. The molecule has 2 rings (SSSR count). The number of carbonyl (C=O) groups excluding carboxylic acids is 1. The van der Waals surface area contributed by atoms with Crippen LogP contribution in [-0.4, -0.2) is 28.9 Å². The van der Waals surface area contributed by atoms with Gasteiger partial charge in [0.05, 0.1) is 6.10 Å². The summed E-state index contributed by atoms with van der Waals surface area (Å²) >= 11 is 0. The maximum absolute atomic E-state index is 12.2. The van der Waals surface area contributed by atoms with E-state index in [0.29, 0.717) is 19.3 Å². The fourth-order valence-electron chi connectivity index (χ4n) is 3.12. The molecule has 4 N–H and O–H groups in total. The molecule has 2 aromatic carbocycles. The number of aliphatic hydroxyl groups is 1. The minimum absolute atomic E-state index is 0.254. The lowest BCUT2D eigenvalue weighted by Gasteiger charge is -2.26. The predicted molar refractivity (Wildman–Crippen MR) is 112 cm³/mol. The minimum atomic E-state index is -0.640. The first kappa shape index (κ1) is 21.9. The summed E-state index contributed by atoms with van der Waals surface area (Å²) in [6.07, 6.45) is 0.310. The van der Waals surface area contributed by atoms with Crippen LogP contribution in [0.3, 0.4) is 0 Å². The zero-order chi connectivity index (χ0) is 20.6. The van der Waals surface area contributed by atoms with Crippen molar-refractivity contribution >= 4 is 6.09 Å². The van der Waals surface area contributed by atoms with Crippen LogP contribution < -0.4 is 11.1 Å². The number of alkyl carbamates (subject to hydrolysis) is 1. The second kappa shape index (κ2) is 10.2. The number of amides is 1. The van der Waals surface area contributed by atoms with Gasteiger partial charge in [0.1, 0.15) is 5.60 Å². The van der Waals surface area contributed by atoms with Crippen molar-refractivity contribution in [3.05, 3.63) is 71.8 Å². The molecule has 2 aromatic rings. The Balaban J connectivity index is 2.00. The summed E-state index contributed by atoms with van der Waals surface area (Å²) in [5.41, 5.74) is 7.74. The van der Waals surface area contributed by atoms with E-state index >= 15 is 0 Å². The van der Waals surface area contributed by atoms with E-state index in [1.807, 2.05) is 81.4 Å². The molecule has 0 saturated carbocycles. The molecule has 0 aromatic heterocycles. The van der Waals surface area contributed by atoms with Crippen molar-refractivity contribution in [1.82, 2.24) is 5.32 Å². The Morgan fingerprint density at radius 3 is 2.18 bits per heavy atom. The molecule has 0 fully saturated rings. The highest BCUT2D eigenvalue weighted by Crippen LogP contribution is 2.19. The monoisotopic (exact) mass is 384 g/mol. The molecule has 0 bridgehead atoms. The van der Waals surface area contributed by atoms with Crippen molar-refractivity contribution < 1.29 is 14.6 Å². The minimum Gasteiger partial charge on any atom is -0.444 e. The topological polar surface area (TPSA) is 84.6 Å². The molecule has 1 amide bonds. The van der Waals surface area contributed by atoms with Gasteiger partial charge in [-0.15, -0.1) is 0 Å². The fourth-order valence-corrected chi connectivity index (χ4v) is 3.12. The highest BCUT2D eigenvalue weighted by atomic mass is 16.6. The van der Waals surface area contributed by atoms with Gasteiger partial charge in [0.2, 0.25) is 0 Å². The lowest BCUT2D eigenvalue weighted by atomic mass is 9.95. The lowest BCUT2D eigenvalue weighted by molar-refractivity contribution is 0.0479. The van der Waals surface area contributed by atoms with Gasteiger partial charge in [0, 0.05) is 12.1 Å². The number of rotatable bonds is 8. The molecule has 0 radical (unpaired) electrons. The van der Waals surface area contributed by atoms with Gasteiger partial charge in [-0.3, -0.25) is 0 Å². The van der Waals surface area contributed by atoms with Gasteiger partial charge >= 0.3 is 6.09 Å². The first-order chi connectivity index (χ1) is 13.2. The summed E-state index contributed by atoms with van der Waals surface area (Å²) in [6.45, 7) is 5.48. The van der Waals surface area contributed by atoms with Crippen LogP contribution in [0.25, 0.3) is 0 Å². The molecule has 0 aliphatic carbocycles. The lowest BCUT2D eigenvalue weighted by Crippen LogP contribution is -2.42. The predicted octanol–water partition coefficient (Wildman–Crippen LogP) is 3.96. The Bertz CT molecular complexity index is 714. The summed E-state index contributed by atoms with van der Waals surface area (Å²) in [5, 5.41) is 13.5. The molecule has 5 heteroatoms. The average molecular weight is 385 g/mol. The molecule has 0 saturated heterocycles. The number of benzene rings is 2. The third kappa shape index (κ3) is 8.11. The van der Waals surface area contributed by atoms with E-state index in [0.717, 1.165) is 11.1 Å². The van der Waals surface area contributed by atoms with E-state index < -0.39 is 17.8 Å². The van der Waals surface area contributed by atoms with Crippen molar-refractivity contribution in [2.75, 3.05) is 0 Å². The molecular weight excluding hydrogens is 352 g/mol. The number of nitrogens with one attached hydrogen (secondary N) is 1. The smallest absolute Gasteiger partial charge is 0.407 e. The van der Waals surface area contributed by atoms with Gasteiger partial charge in [-0.1, -0.05) is 60.7 Å². The largest absolute Gasteiger partial charge is 0.444 e. The molecular formula is C23H32N2O3. The molecule has 152 valence electrons. The number of aliphatic hydroxyl groups excluding tert-OH is 1. The Kier molecular flexibility index (Phi) is 8.03. The quantitative estimate of drug-likeness (QED) is 0.643. The van der Waals surface area contributed by atoms with Gasteiger partial charge < -0.3 is 20.9 Å². The number of hydrogen-bond donors (Lipinski definition) is 3. The Labute approximate surface area is 167 Å². The van der Waals surface area contributed by atoms with Gasteiger partial charge in [-0.05, 0) is 51.2 Å². The van der Waals surface area contributed by atoms with E-state index in [1.165, 1.54) is 0 Å². The number of nitrogens with two attached hydrogens (primary N) is 1. The standard InChI is InChI=1S/C23H32N2O3/c1-23(2,3)28-22(27)25-19(14-17-10-6-4-7-11-17)15-20(26)16-21(24)18-12-8-5-9-13-18/h4-13,19-21,26H,14-16,24H2,1-3H3,(H,25,27). The SMILES string of the molecule is CC(C)(C)OC(=O)NC(Cc1ccccc1)CC(O)CC(N)c1ccccc1. The van der Waals surface area contributed by atoms with Gasteiger partial charge in [-0.2, -0.15) is 0 Å². The first-order valence-corrected chi connectivity index (χ1v) is 9.75. The number of ether oxygens (including phenoxy) is 1. The Morgan fingerprint density at radius 2 is 1.61 bits per heavy atom. The molecule has 0 spiro atoms. The molecule has 0 aliphatic heterocycles. The van der Waals surface area contributed by atoms with Gasteiger partial charge in [0.25, 0.3) is 0 Å². The summed E-state index contributed by atoms with van der Waals surface area (Å²) in [7, 11) is 0. The maximum Gasteiger partial charge on any atom is 0.407 e. The normalized spacial score (nSPS) is 14.8. The van der Waals surface area contributed by atoms with Crippen LogP contribution in [0.15, 0.2) is 60.7 Å². The molecule has 3 atom stereocenters. The summed E-state index contributed by atoms with van der Waals surface area (Å²) in [4.78, 5) is 12.2. The van der Waals surface area contributed by atoms with Crippen LogP contribution in [0, 0.1) is 0 Å². The van der Waals surface area contributed by atoms with Crippen LogP contribution >= 0.6 is 0 Å². The highest BCUT2D eigenvalue weighted by Gasteiger charge is 2.23. The van der Waals surface area contributed by atoms with Crippen LogP contribution in [0.5, 0.6) is 0 Å². The van der Waals surface area contributed by atoms with Crippen molar-refractivity contribution in [2.45, 2.75) is 63.8 Å². The third-order valence-electron chi connectivity index (χ3n) is 4.36. The van der Waals surface area contributed by atoms with Crippen LogP contribution in [0.4, 0.5) is 4.79 Å². The molecule has 3 unspecified atom stereocenters.